The van der Waals surface area contributed by atoms with Crippen molar-refractivity contribution in [3.63, 3.8) is 0 Å². The Labute approximate surface area is 66.2 Å². The first-order chi connectivity index (χ1) is 5.31. The Morgan fingerprint density at radius 3 is 2.25 bits per heavy atom. The van der Waals surface area contributed by atoms with Gasteiger partial charge in [-0.3, -0.25) is 14.6 Å². The number of carbonyl (C=O) groups excluding carboxylic acids is 1. The van der Waals surface area contributed by atoms with Gasteiger partial charge in [0.15, 0.2) is 0 Å². The third-order valence-corrected chi connectivity index (χ3v) is 0.806. The van der Waals surface area contributed by atoms with Gasteiger partial charge in [0.25, 0.3) is 0 Å². The molecule has 0 aromatic carbocycles. The summed E-state index contributed by atoms with van der Waals surface area (Å²) in [5.74, 6) is -0.585. The molecule has 0 unspecified atom stereocenters. The highest BCUT2D eigenvalue weighted by atomic mass is 31.2. The van der Waals surface area contributed by atoms with Gasteiger partial charge in [0.05, 0.1) is 0 Å². The molecule has 70 valence electrons. The van der Waals surface area contributed by atoms with E-state index in [0.717, 1.165) is 0 Å². The molecule has 0 aliphatic heterocycles. The Balaban J connectivity index is 3.93. The molecule has 0 saturated carbocycles. The summed E-state index contributed by atoms with van der Waals surface area (Å²) in [4.78, 5) is 29.9. The van der Waals surface area contributed by atoms with E-state index in [2.05, 4.69) is 14.5 Å². The number of guanidine groups is 1. The van der Waals surface area contributed by atoms with Gasteiger partial charge in [-0.2, -0.15) is 0 Å². The Bertz CT molecular complexity index is 239. The van der Waals surface area contributed by atoms with Gasteiger partial charge in [-0.1, -0.05) is 0 Å². The van der Waals surface area contributed by atoms with Crippen LogP contribution < -0.4 is 11.5 Å². The van der Waals surface area contributed by atoms with Crippen molar-refractivity contribution in [2.24, 2.45) is 16.6 Å². The van der Waals surface area contributed by atoms with Crippen molar-refractivity contribution in [2.45, 2.75) is 0 Å². The van der Waals surface area contributed by atoms with Crippen LogP contribution in [0.4, 0.5) is 4.79 Å². The van der Waals surface area contributed by atoms with E-state index in [1.165, 1.54) is 0 Å². The average molecular weight is 199 g/mol. The number of rotatable bonds is 2. The third kappa shape index (κ3) is 6.81. The standard InChI is InChI=1S/C2H6N3O6P/c3-1(4)5-10-2(6)11-12(7,8)9/h(H4,3,4,5)(H2,7,8,9). The van der Waals surface area contributed by atoms with Gasteiger partial charge < -0.3 is 16.0 Å². The van der Waals surface area contributed by atoms with Crippen LogP contribution in [0.2, 0.25) is 0 Å². The molecule has 6 N–H and O–H groups in total. The second kappa shape index (κ2) is 3.90. The molecule has 0 aliphatic rings. The smallest absolute Gasteiger partial charge is 0.367 e. The first kappa shape index (κ1) is 10.7. The molecule has 0 heterocycles. The highest BCUT2D eigenvalue weighted by molar-refractivity contribution is 7.46. The first-order valence-corrected chi connectivity index (χ1v) is 3.89. The van der Waals surface area contributed by atoms with E-state index in [4.69, 9.17) is 21.3 Å². The van der Waals surface area contributed by atoms with Crippen LogP contribution in [0.1, 0.15) is 0 Å². The molecule has 0 radical (unpaired) electrons. The minimum atomic E-state index is -4.91. The second-order valence-electron chi connectivity index (χ2n) is 1.44. The maximum absolute atomic E-state index is 10.2. The molecular weight excluding hydrogens is 193 g/mol. The van der Waals surface area contributed by atoms with Crippen LogP contribution >= 0.6 is 7.82 Å². The highest BCUT2D eigenvalue weighted by Crippen LogP contribution is 2.36. The van der Waals surface area contributed by atoms with Crippen LogP contribution in [0.5, 0.6) is 0 Å². The topological polar surface area (TPSA) is 157 Å². The summed E-state index contributed by atoms with van der Waals surface area (Å²) in [5, 5.41) is 2.66. The number of oxime groups is 1. The summed E-state index contributed by atoms with van der Waals surface area (Å²) < 4.78 is 13.3. The van der Waals surface area contributed by atoms with Crippen molar-refractivity contribution in [1.82, 2.24) is 0 Å². The molecule has 9 nitrogen and oxygen atoms in total. The van der Waals surface area contributed by atoms with Crippen LogP contribution in [-0.4, -0.2) is 21.9 Å². The van der Waals surface area contributed by atoms with E-state index in [9.17, 15) is 9.36 Å². The van der Waals surface area contributed by atoms with Crippen molar-refractivity contribution in [1.29, 1.82) is 0 Å². The molecular formula is C2H6N3O6P. The number of hydrogen-bond donors (Lipinski definition) is 4. The van der Waals surface area contributed by atoms with Crippen molar-refractivity contribution in [2.75, 3.05) is 0 Å². The lowest BCUT2D eigenvalue weighted by atomic mass is 11.1. The normalized spacial score (nSPS) is 10.2. The largest absolute Gasteiger partial charge is 0.543 e. The monoisotopic (exact) mass is 199 g/mol. The number of nitrogens with two attached hydrogens (primary N) is 2. The van der Waals surface area contributed by atoms with E-state index in [0.29, 0.717) is 0 Å². The van der Waals surface area contributed by atoms with Crippen molar-refractivity contribution in [3.8, 4) is 0 Å². The predicted molar refractivity (Wildman–Crippen MR) is 35.4 cm³/mol. The average Bonchev–Trinajstić information content (AvgIpc) is 1.79. The highest BCUT2D eigenvalue weighted by Gasteiger charge is 2.21. The van der Waals surface area contributed by atoms with Crippen LogP contribution in [-0.2, 0) is 13.9 Å². The van der Waals surface area contributed by atoms with E-state index in [1.807, 2.05) is 0 Å². The maximum Gasteiger partial charge on any atom is 0.543 e. The lowest BCUT2D eigenvalue weighted by molar-refractivity contribution is 0.0886. The number of phosphoric ester groups is 1. The minimum absolute atomic E-state index is 0.585. The Hall–Kier alpha value is -1.31. The van der Waals surface area contributed by atoms with E-state index in [1.54, 1.807) is 0 Å². The molecule has 0 amide bonds. The zero-order valence-electron chi connectivity index (χ0n) is 5.58. The molecule has 10 heteroatoms. The fraction of sp³-hybridized carbons (Fsp3) is 0. The fourth-order valence-corrected chi connectivity index (χ4v) is 0.431. The number of nitrogens with zero attached hydrogens (tertiary/aromatic N) is 1. The molecule has 0 saturated heterocycles. The molecule has 0 fully saturated rings. The summed E-state index contributed by atoms with van der Waals surface area (Å²) >= 11 is 0. The van der Waals surface area contributed by atoms with Crippen LogP contribution in [0.3, 0.4) is 0 Å². The zero-order chi connectivity index (χ0) is 9.78. The fourth-order valence-electron chi connectivity index (χ4n) is 0.204. The summed E-state index contributed by atoms with van der Waals surface area (Å²) in [6.45, 7) is 0. The summed E-state index contributed by atoms with van der Waals surface area (Å²) in [6.07, 6.45) is -1.70. The maximum atomic E-state index is 10.2. The molecule has 0 bridgehead atoms. The molecule has 0 aliphatic carbocycles. The lowest BCUT2D eigenvalue weighted by Gasteiger charge is -2.01. The van der Waals surface area contributed by atoms with Crippen molar-refractivity contribution >= 4 is 19.9 Å². The van der Waals surface area contributed by atoms with Gasteiger partial charge in [-0.25, -0.2) is 9.36 Å². The second-order valence-corrected chi connectivity index (χ2v) is 2.60. The summed E-state index contributed by atoms with van der Waals surface area (Å²) in [5.41, 5.74) is 9.41. The quantitative estimate of drug-likeness (QED) is 0.136. The predicted octanol–water partition coefficient (Wildman–Crippen LogP) is -1.58. The van der Waals surface area contributed by atoms with Crippen LogP contribution in [0, 0.1) is 0 Å². The van der Waals surface area contributed by atoms with E-state index in [-0.39, 0.29) is 0 Å². The Kier molecular flexibility index (Phi) is 3.48. The zero-order valence-corrected chi connectivity index (χ0v) is 6.47. The molecule has 0 aromatic heterocycles. The molecule has 0 aromatic rings. The molecule has 0 atom stereocenters. The van der Waals surface area contributed by atoms with E-state index < -0.39 is 19.9 Å². The third-order valence-electron chi connectivity index (χ3n) is 0.419. The van der Waals surface area contributed by atoms with Gasteiger partial charge in [0.2, 0.25) is 5.96 Å². The lowest BCUT2D eigenvalue weighted by Crippen LogP contribution is -2.23. The number of hydrogen-bond acceptors (Lipinski definition) is 5. The molecule has 12 heavy (non-hydrogen) atoms. The molecule has 0 spiro atoms. The van der Waals surface area contributed by atoms with Crippen LogP contribution in [0.15, 0.2) is 5.16 Å². The SMILES string of the molecule is NC(N)=NOC(=O)OP(=O)(O)O. The van der Waals surface area contributed by atoms with Gasteiger partial charge in [-0.15, -0.1) is 0 Å². The number of phosphoric acid groups is 1. The Morgan fingerprint density at radius 2 is 1.92 bits per heavy atom. The van der Waals surface area contributed by atoms with Crippen molar-refractivity contribution in [3.05, 3.63) is 0 Å². The summed E-state index contributed by atoms with van der Waals surface area (Å²) in [7, 11) is -4.91. The van der Waals surface area contributed by atoms with Crippen LogP contribution in [0.25, 0.3) is 0 Å². The van der Waals surface area contributed by atoms with Gasteiger partial charge >= 0.3 is 14.0 Å². The Morgan fingerprint density at radius 1 is 1.42 bits per heavy atom. The van der Waals surface area contributed by atoms with E-state index >= 15 is 0 Å². The van der Waals surface area contributed by atoms with Crippen molar-refractivity contribution < 1.29 is 28.5 Å². The van der Waals surface area contributed by atoms with Gasteiger partial charge in [0, 0.05) is 0 Å². The number of carbonyl (C=O) groups is 1. The minimum Gasteiger partial charge on any atom is -0.367 e. The summed E-state index contributed by atoms with van der Waals surface area (Å²) in [6, 6.07) is 0. The van der Waals surface area contributed by atoms with Gasteiger partial charge in [-0.05, 0) is 5.16 Å². The van der Waals surface area contributed by atoms with Gasteiger partial charge in [0.1, 0.15) is 0 Å². The first-order valence-electron chi connectivity index (χ1n) is 2.36. The molecule has 0 rings (SSSR count).